The Kier molecular flexibility index (Phi) is 4.94. The second-order valence-electron chi connectivity index (χ2n) is 6.55. The maximum absolute atomic E-state index is 12.7. The molecule has 0 bridgehead atoms. The van der Waals surface area contributed by atoms with Crippen LogP contribution in [0.3, 0.4) is 0 Å². The molecule has 4 aromatic rings. The van der Waals surface area contributed by atoms with Crippen LogP contribution in [0.5, 0.6) is 0 Å². The number of rotatable bonds is 5. The first kappa shape index (κ1) is 18.9. The number of amides is 1. The van der Waals surface area contributed by atoms with E-state index in [-0.39, 0.29) is 11.5 Å². The van der Waals surface area contributed by atoms with Crippen molar-refractivity contribution in [2.45, 2.75) is 26.9 Å². The van der Waals surface area contributed by atoms with Crippen LogP contribution in [0, 0.1) is 0 Å². The average Bonchev–Trinajstić information content (AvgIpc) is 3.12. The summed E-state index contributed by atoms with van der Waals surface area (Å²) in [6.07, 6.45) is 0. The third kappa shape index (κ3) is 3.42. The number of nitrogens with zero attached hydrogens (tertiary/aromatic N) is 4. The van der Waals surface area contributed by atoms with E-state index in [4.69, 9.17) is 11.6 Å². The molecule has 0 radical (unpaired) electrons. The lowest BCUT2D eigenvalue weighted by atomic mass is 10.2. The third-order valence-corrected chi connectivity index (χ3v) is 4.94. The van der Waals surface area contributed by atoms with Crippen LogP contribution < -0.4 is 16.2 Å². The van der Waals surface area contributed by atoms with E-state index in [0.717, 1.165) is 5.52 Å². The Balaban J connectivity index is 1.76. The number of nitrogens with one attached hydrogen (secondary N) is 2. The van der Waals surface area contributed by atoms with Gasteiger partial charge < -0.3 is 10.6 Å². The number of para-hydroxylation sites is 1. The molecule has 4 rings (SSSR count). The molecule has 148 valence electrons. The quantitative estimate of drug-likeness (QED) is 0.526. The molecule has 1 amide bonds. The van der Waals surface area contributed by atoms with Crippen LogP contribution >= 0.6 is 11.6 Å². The Morgan fingerprint density at radius 3 is 2.72 bits per heavy atom. The monoisotopic (exact) mass is 410 g/mol. The van der Waals surface area contributed by atoms with Crippen LogP contribution in [-0.4, -0.2) is 25.1 Å². The predicted octanol–water partition coefficient (Wildman–Crippen LogP) is 3.29. The van der Waals surface area contributed by atoms with Gasteiger partial charge in [-0.05, 0) is 37.3 Å². The molecule has 0 aliphatic carbocycles. The summed E-state index contributed by atoms with van der Waals surface area (Å²) < 4.78 is 3.47. The molecule has 2 aromatic heterocycles. The van der Waals surface area contributed by atoms with E-state index in [1.807, 2.05) is 29.5 Å². The van der Waals surface area contributed by atoms with Crippen LogP contribution in [0.1, 0.15) is 19.7 Å². The minimum absolute atomic E-state index is 0.0893. The van der Waals surface area contributed by atoms with Crippen molar-refractivity contribution < 1.29 is 4.79 Å². The van der Waals surface area contributed by atoms with Crippen molar-refractivity contribution in [3.8, 4) is 0 Å². The highest BCUT2D eigenvalue weighted by Gasteiger charge is 2.15. The summed E-state index contributed by atoms with van der Waals surface area (Å²) in [5, 5.41) is 15.6. The first-order valence-corrected chi connectivity index (χ1v) is 9.54. The molecule has 8 nitrogen and oxygen atoms in total. The summed E-state index contributed by atoms with van der Waals surface area (Å²) in [6.45, 7) is 4.16. The van der Waals surface area contributed by atoms with E-state index in [9.17, 15) is 9.59 Å². The number of carbonyl (C=O) groups is 1. The van der Waals surface area contributed by atoms with Crippen LogP contribution in [0.4, 0.5) is 11.4 Å². The van der Waals surface area contributed by atoms with E-state index in [1.54, 1.807) is 28.8 Å². The van der Waals surface area contributed by atoms with Gasteiger partial charge in [0.2, 0.25) is 11.7 Å². The molecule has 0 spiro atoms. The van der Waals surface area contributed by atoms with Crippen molar-refractivity contribution in [2.75, 3.05) is 10.6 Å². The Labute approximate surface area is 171 Å². The van der Waals surface area contributed by atoms with Crippen LogP contribution in [-0.2, 0) is 17.9 Å². The number of benzene rings is 2. The SMILES string of the molecule is CCn1c(=O)c2ccccc2n2c(CNc3cc(NC(C)=O)ccc3Cl)nnc12. The first-order chi connectivity index (χ1) is 14.0. The van der Waals surface area contributed by atoms with Gasteiger partial charge in [0.05, 0.1) is 28.2 Å². The number of aromatic nitrogens is 4. The van der Waals surface area contributed by atoms with Gasteiger partial charge in [0.15, 0.2) is 5.82 Å². The van der Waals surface area contributed by atoms with Gasteiger partial charge in [0.25, 0.3) is 5.56 Å². The maximum Gasteiger partial charge on any atom is 0.262 e. The Morgan fingerprint density at radius 2 is 1.97 bits per heavy atom. The minimum atomic E-state index is -0.161. The van der Waals surface area contributed by atoms with Crippen molar-refractivity contribution in [3.63, 3.8) is 0 Å². The van der Waals surface area contributed by atoms with Crippen molar-refractivity contribution in [2.24, 2.45) is 0 Å². The highest BCUT2D eigenvalue weighted by molar-refractivity contribution is 6.33. The predicted molar refractivity (Wildman–Crippen MR) is 114 cm³/mol. The zero-order valence-electron chi connectivity index (χ0n) is 15.9. The summed E-state index contributed by atoms with van der Waals surface area (Å²) in [6, 6.07) is 12.6. The van der Waals surface area contributed by atoms with Crippen molar-refractivity contribution >= 4 is 45.6 Å². The molecule has 0 saturated carbocycles. The number of hydrogen-bond donors (Lipinski definition) is 2. The maximum atomic E-state index is 12.7. The molecule has 0 aliphatic rings. The van der Waals surface area contributed by atoms with Gasteiger partial charge in [-0.1, -0.05) is 23.7 Å². The number of anilines is 2. The fourth-order valence-corrected chi connectivity index (χ4v) is 3.51. The number of fused-ring (bicyclic) bond motifs is 3. The van der Waals surface area contributed by atoms with Gasteiger partial charge in [-0.2, -0.15) is 0 Å². The largest absolute Gasteiger partial charge is 0.376 e. The number of aryl methyl sites for hydroxylation is 1. The average molecular weight is 411 g/mol. The molecule has 2 N–H and O–H groups in total. The Bertz CT molecular complexity index is 1290. The van der Waals surface area contributed by atoms with E-state index >= 15 is 0 Å². The van der Waals surface area contributed by atoms with E-state index in [0.29, 0.717) is 46.5 Å². The van der Waals surface area contributed by atoms with Gasteiger partial charge >= 0.3 is 0 Å². The summed E-state index contributed by atoms with van der Waals surface area (Å²) in [7, 11) is 0. The Morgan fingerprint density at radius 1 is 1.17 bits per heavy atom. The minimum Gasteiger partial charge on any atom is -0.376 e. The van der Waals surface area contributed by atoms with Gasteiger partial charge in [0, 0.05) is 19.2 Å². The molecule has 0 saturated heterocycles. The normalized spacial score (nSPS) is 11.1. The molecule has 0 fully saturated rings. The van der Waals surface area contributed by atoms with Crippen LogP contribution in [0.25, 0.3) is 16.7 Å². The number of halogens is 1. The van der Waals surface area contributed by atoms with E-state index in [2.05, 4.69) is 20.8 Å². The smallest absolute Gasteiger partial charge is 0.262 e. The molecule has 29 heavy (non-hydrogen) atoms. The standard InChI is InChI=1S/C20H19ClN6O2/c1-3-26-19(29)14-6-4-5-7-17(14)27-18(24-25-20(26)27)11-22-16-10-13(23-12(2)28)8-9-15(16)21/h4-10,22H,3,11H2,1-2H3,(H,23,28). The first-order valence-electron chi connectivity index (χ1n) is 9.16. The highest BCUT2D eigenvalue weighted by Crippen LogP contribution is 2.26. The van der Waals surface area contributed by atoms with E-state index in [1.165, 1.54) is 6.92 Å². The van der Waals surface area contributed by atoms with Crippen LogP contribution in [0.15, 0.2) is 47.3 Å². The molecule has 2 heterocycles. The van der Waals surface area contributed by atoms with Gasteiger partial charge in [0.1, 0.15) is 0 Å². The zero-order valence-corrected chi connectivity index (χ0v) is 16.7. The second kappa shape index (κ2) is 7.56. The second-order valence-corrected chi connectivity index (χ2v) is 6.95. The van der Waals surface area contributed by atoms with Crippen molar-refractivity contribution in [1.82, 2.24) is 19.2 Å². The van der Waals surface area contributed by atoms with E-state index < -0.39 is 0 Å². The highest BCUT2D eigenvalue weighted by atomic mass is 35.5. The molecular weight excluding hydrogens is 392 g/mol. The van der Waals surface area contributed by atoms with Crippen molar-refractivity contribution in [3.05, 3.63) is 63.7 Å². The number of carbonyl (C=O) groups excluding carboxylic acids is 1. The zero-order chi connectivity index (χ0) is 20.5. The van der Waals surface area contributed by atoms with Gasteiger partial charge in [-0.3, -0.25) is 18.6 Å². The van der Waals surface area contributed by atoms with Crippen LogP contribution in [0.2, 0.25) is 5.02 Å². The molecule has 0 unspecified atom stereocenters. The lowest BCUT2D eigenvalue weighted by Gasteiger charge is -2.12. The molecule has 0 aliphatic heterocycles. The van der Waals surface area contributed by atoms with Crippen molar-refractivity contribution in [1.29, 1.82) is 0 Å². The Hall–Kier alpha value is -3.39. The van der Waals surface area contributed by atoms with Gasteiger partial charge in [-0.15, -0.1) is 10.2 Å². The molecular formula is C20H19ClN6O2. The fourth-order valence-electron chi connectivity index (χ4n) is 3.33. The number of hydrogen-bond acceptors (Lipinski definition) is 5. The summed E-state index contributed by atoms with van der Waals surface area (Å²) in [5.74, 6) is 0.969. The fraction of sp³-hybridized carbons (Fsp3) is 0.200. The summed E-state index contributed by atoms with van der Waals surface area (Å²) in [5.41, 5.74) is 1.95. The lowest BCUT2D eigenvalue weighted by molar-refractivity contribution is -0.114. The molecule has 2 aromatic carbocycles. The molecule has 9 heteroatoms. The van der Waals surface area contributed by atoms with Gasteiger partial charge in [-0.25, -0.2) is 0 Å². The summed E-state index contributed by atoms with van der Waals surface area (Å²) in [4.78, 5) is 24.0. The molecule has 0 atom stereocenters. The topological polar surface area (TPSA) is 93.3 Å². The lowest BCUT2D eigenvalue weighted by Crippen LogP contribution is -2.23. The third-order valence-electron chi connectivity index (χ3n) is 4.61. The summed E-state index contributed by atoms with van der Waals surface area (Å²) >= 11 is 6.29.